The summed E-state index contributed by atoms with van der Waals surface area (Å²) in [4.78, 5) is 0. The molecule has 6 heteroatoms. The minimum atomic E-state index is -3.34. The van der Waals surface area contributed by atoms with E-state index in [1.807, 2.05) is 6.07 Å². The van der Waals surface area contributed by atoms with Crippen LogP contribution in [0, 0.1) is 11.3 Å². The van der Waals surface area contributed by atoms with Gasteiger partial charge in [-0.2, -0.15) is 5.26 Å². The zero-order chi connectivity index (χ0) is 12.2. The lowest BCUT2D eigenvalue weighted by molar-refractivity contribution is 0.565. The van der Waals surface area contributed by atoms with Gasteiger partial charge in [-0.05, 0) is 17.7 Å². The van der Waals surface area contributed by atoms with Crippen LogP contribution in [-0.2, 0) is 10.0 Å². The molecule has 0 heterocycles. The summed E-state index contributed by atoms with van der Waals surface area (Å²) in [6.45, 7) is 0. The summed E-state index contributed by atoms with van der Waals surface area (Å²) in [6, 6.07) is 8.17. The van der Waals surface area contributed by atoms with Crippen LogP contribution in [-0.4, -0.2) is 14.7 Å². The van der Waals surface area contributed by atoms with Gasteiger partial charge in [-0.15, -0.1) is 0 Å². The van der Waals surface area contributed by atoms with Crippen molar-refractivity contribution >= 4 is 15.7 Å². The third kappa shape index (κ3) is 3.88. The van der Waals surface area contributed by atoms with Gasteiger partial charge in [-0.1, -0.05) is 12.1 Å². The predicted molar refractivity (Wildman–Crippen MR) is 61.8 cm³/mol. The third-order valence-electron chi connectivity index (χ3n) is 1.99. The van der Waals surface area contributed by atoms with E-state index in [-0.39, 0.29) is 6.42 Å². The molecule has 1 unspecified atom stereocenters. The highest BCUT2D eigenvalue weighted by Crippen LogP contribution is 2.18. The molecule has 0 radical (unpaired) electrons. The number of rotatable bonds is 4. The fraction of sp³-hybridized carbons (Fsp3) is 0.300. The lowest BCUT2D eigenvalue weighted by Crippen LogP contribution is -2.27. The quantitative estimate of drug-likeness (QED) is 0.758. The number of nitriles is 1. The lowest BCUT2D eigenvalue weighted by atomic mass is 10.1. The molecular weight excluding hydrogens is 226 g/mol. The van der Waals surface area contributed by atoms with Gasteiger partial charge in [-0.3, -0.25) is 0 Å². The number of nitrogens with two attached hydrogens (primary N) is 1. The molecular formula is C10H13N3O2S. The molecule has 0 aliphatic carbocycles. The van der Waals surface area contributed by atoms with Gasteiger partial charge >= 0.3 is 0 Å². The summed E-state index contributed by atoms with van der Waals surface area (Å²) in [5.41, 5.74) is 6.84. The number of benzene rings is 1. The summed E-state index contributed by atoms with van der Waals surface area (Å²) < 4.78 is 24.6. The molecule has 0 amide bonds. The van der Waals surface area contributed by atoms with Crippen LogP contribution < -0.4 is 10.5 Å². The van der Waals surface area contributed by atoms with E-state index in [9.17, 15) is 8.42 Å². The van der Waals surface area contributed by atoms with Crippen LogP contribution in [0.3, 0.4) is 0 Å². The van der Waals surface area contributed by atoms with E-state index >= 15 is 0 Å². The number of anilines is 1. The molecule has 16 heavy (non-hydrogen) atoms. The van der Waals surface area contributed by atoms with Crippen molar-refractivity contribution in [3.8, 4) is 6.07 Å². The van der Waals surface area contributed by atoms with E-state index < -0.39 is 16.1 Å². The van der Waals surface area contributed by atoms with Crippen molar-refractivity contribution in [2.45, 2.75) is 12.5 Å². The van der Waals surface area contributed by atoms with E-state index in [1.54, 1.807) is 24.3 Å². The Labute approximate surface area is 94.9 Å². The molecule has 0 bridgehead atoms. The Hall–Kier alpha value is -1.58. The van der Waals surface area contributed by atoms with Gasteiger partial charge in [0.25, 0.3) is 0 Å². The van der Waals surface area contributed by atoms with E-state index in [1.165, 1.54) is 0 Å². The van der Waals surface area contributed by atoms with Crippen LogP contribution in [0.4, 0.5) is 5.69 Å². The first-order chi connectivity index (χ1) is 7.42. The number of hydrogen-bond donors (Lipinski definition) is 2. The number of sulfonamides is 1. The minimum Gasteiger partial charge on any atom is -0.399 e. The molecule has 86 valence electrons. The number of nitrogens with zero attached hydrogens (tertiary/aromatic N) is 1. The summed E-state index contributed by atoms with van der Waals surface area (Å²) in [5.74, 6) is 0. The number of nitrogen functional groups attached to an aromatic ring is 1. The van der Waals surface area contributed by atoms with Crippen molar-refractivity contribution in [1.29, 1.82) is 5.26 Å². The van der Waals surface area contributed by atoms with Gasteiger partial charge in [-0.25, -0.2) is 13.1 Å². The Morgan fingerprint density at radius 3 is 2.44 bits per heavy atom. The van der Waals surface area contributed by atoms with Gasteiger partial charge in [0.2, 0.25) is 10.0 Å². The van der Waals surface area contributed by atoms with Crippen molar-refractivity contribution < 1.29 is 8.42 Å². The molecule has 5 nitrogen and oxygen atoms in total. The van der Waals surface area contributed by atoms with Crippen molar-refractivity contribution in [3.05, 3.63) is 29.8 Å². The van der Waals surface area contributed by atoms with Crippen LogP contribution in [0.2, 0.25) is 0 Å². The van der Waals surface area contributed by atoms with Gasteiger partial charge < -0.3 is 5.73 Å². The summed E-state index contributed by atoms with van der Waals surface area (Å²) >= 11 is 0. The maximum Gasteiger partial charge on any atom is 0.209 e. The molecule has 0 aliphatic heterocycles. The first kappa shape index (κ1) is 12.5. The topological polar surface area (TPSA) is 96.0 Å². The van der Waals surface area contributed by atoms with Crippen LogP contribution in [0.25, 0.3) is 0 Å². The highest BCUT2D eigenvalue weighted by atomic mass is 32.2. The van der Waals surface area contributed by atoms with Crippen LogP contribution in [0.15, 0.2) is 24.3 Å². The Kier molecular flexibility index (Phi) is 3.88. The molecule has 0 fully saturated rings. The van der Waals surface area contributed by atoms with E-state index in [0.29, 0.717) is 5.69 Å². The van der Waals surface area contributed by atoms with Crippen LogP contribution >= 0.6 is 0 Å². The lowest BCUT2D eigenvalue weighted by Gasteiger charge is -2.14. The molecule has 3 N–H and O–H groups in total. The fourth-order valence-corrected chi connectivity index (χ4v) is 2.04. The first-order valence-electron chi connectivity index (χ1n) is 4.62. The number of nitrogens with one attached hydrogen (secondary N) is 1. The Balaban J connectivity index is 2.94. The Bertz CT molecular complexity index is 488. The second-order valence-corrected chi connectivity index (χ2v) is 5.25. The van der Waals surface area contributed by atoms with Gasteiger partial charge in [0.15, 0.2) is 0 Å². The highest BCUT2D eigenvalue weighted by Gasteiger charge is 2.15. The summed E-state index contributed by atoms with van der Waals surface area (Å²) in [5, 5.41) is 8.64. The monoisotopic (exact) mass is 239 g/mol. The van der Waals surface area contributed by atoms with Crippen molar-refractivity contribution in [2.24, 2.45) is 0 Å². The maximum absolute atomic E-state index is 11.1. The van der Waals surface area contributed by atoms with Crippen LogP contribution in [0.5, 0.6) is 0 Å². The molecule has 0 saturated carbocycles. The van der Waals surface area contributed by atoms with Crippen molar-refractivity contribution in [3.63, 3.8) is 0 Å². The predicted octanol–water partition coefficient (Wildman–Crippen LogP) is 0.773. The van der Waals surface area contributed by atoms with E-state index in [0.717, 1.165) is 11.8 Å². The zero-order valence-corrected chi connectivity index (χ0v) is 9.66. The van der Waals surface area contributed by atoms with Crippen molar-refractivity contribution in [2.75, 3.05) is 12.0 Å². The van der Waals surface area contributed by atoms with E-state index in [4.69, 9.17) is 11.0 Å². The fourth-order valence-electron chi connectivity index (χ4n) is 1.31. The highest BCUT2D eigenvalue weighted by molar-refractivity contribution is 7.88. The smallest absolute Gasteiger partial charge is 0.209 e. The first-order valence-corrected chi connectivity index (χ1v) is 6.51. The molecule has 0 aliphatic rings. The van der Waals surface area contributed by atoms with Gasteiger partial charge in [0.05, 0.1) is 24.8 Å². The standard InChI is InChI=1S/C10H13N3O2S/c1-16(14,15)13-10(6-7-11)8-2-4-9(12)5-3-8/h2-5,10,13H,6,12H2,1H3. The number of hydrogen-bond acceptors (Lipinski definition) is 4. The molecule has 1 atom stereocenters. The van der Waals surface area contributed by atoms with Crippen LogP contribution in [0.1, 0.15) is 18.0 Å². The SMILES string of the molecule is CS(=O)(=O)NC(CC#N)c1ccc(N)cc1. The van der Waals surface area contributed by atoms with Gasteiger partial charge in [0, 0.05) is 5.69 Å². The molecule has 0 spiro atoms. The normalized spacial score (nSPS) is 13.0. The average Bonchev–Trinajstić information content (AvgIpc) is 2.16. The molecule has 1 rings (SSSR count). The average molecular weight is 239 g/mol. The minimum absolute atomic E-state index is 0.0803. The Morgan fingerprint density at radius 2 is 2.00 bits per heavy atom. The molecule has 0 aromatic heterocycles. The summed E-state index contributed by atoms with van der Waals surface area (Å²) in [6.07, 6.45) is 1.14. The maximum atomic E-state index is 11.1. The third-order valence-corrected chi connectivity index (χ3v) is 2.70. The zero-order valence-electron chi connectivity index (χ0n) is 8.84. The summed E-state index contributed by atoms with van der Waals surface area (Å²) in [7, 11) is -3.34. The second kappa shape index (κ2) is 4.96. The van der Waals surface area contributed by atoms with E-state index in [2.05, 4.69) is 4.72 Å². The largest absolute Gasteiger partial charge is 0.399 e. The molecule has 1 aromatic carbocycles. The molecule has 1 aromatic rings. The van der Waals surface area contributed by atoms with Crippen molar-refractivity contribution in [1.82, 2.24) is 4.72 Å². The second-order valence-electron chi connectivity index (χ2n) is 3.47. The van der Waals surface area contributed by atoms with Gasteiger partial charge in [0.1, 0.15) is 0 Å². The Morgan fingerprint density at radius 1 is 1.44 bits per heavy atom. The molecule has 0 saturated heterocycles.